The highest BCUT2D eigenvalue weighted by Crippen LogP contribution is 1.98. The predicted molar refractivity (Wildman–Crippen MR) is 37.6 cm³/mol. The van der Waals surface area contributed by atoms with Gasteiger partial charge in [-0.3, -0.25) is 0 Å². The quantitative estimate of drug-likeness (QED) is 0.467. The van der Waals surface area contributed by atoms with Gasteiger partial charge in [0.15, 0.2) is 6.39 Å². The highest BCUT2D eigenvalue weighted by Gasteiger charge is 1.92. The van der Waals surface area contributed by atoms with Crippen LogP contribution >= 0.6 is 0 Å². The second-order valence-corrected chi connectivity index (χ2v) is 1.76. The van der Waals surface area contributed by atoms with Crippen molar-refractivity contribution in [2.75, 3.05) is 7.11 Å². The number of rotatable bonds is 2. The van der Waals surface area contributed by atoms with Crippen LogP contribution in [-0.4, -0.2) is 18.1 Å². The van der Waals surface area contributed by atoms with Crippen LogP contribution in [-0.2, 0) is 9.53 Å². The van der Waals surface area contributed by atoms with Crippen LogP contribution in [0.25, 0.3) is 6.08 Å². The molecule has 0 N–H and O–H groups in total. The Morgan fingerprint density at radius 2 is 2.64 bits per heavy atom. The fourth-order valence-electron chi connectivity index (χ4n) is 0.526. The van der Waals surface area contributed by atoms with Gasteiger partial charge in [0.2, 0.25) is 0 Å². The van der Waals surface area contributed by atoms with Gasteiger partial charge in [-0.05, 0) is 6.08 Å². The van der Waals surface area contributed by atoms with Crippen molar-refractivity contribution in [3.8, 4) is 0 Å². The van der Waals surface area contributed by atoms with Crippen molar-refractivity contribution in [2.45, 2.75) is 0 Å². The number of hydrogen-bond acceptors (Lipinski definition) is 4. The van der Waals surface area contributed by atoms with E-state index in [1.54, 1.807) is 0 Å². The van der Waals surface area contributed by atoms with E-state index in [-0.39, 0.29) is 0 Å². The van der Waals surface area contributed by atoms with Gasteiger partial charge in [-0.2, -0.15) is 0 Å². The van der Waals surface area contributed by atoms with Crippen LogP contribution in [0, 0.1) is 0 Å². The van der Waals surface area contributed by atoms with E-state index in [4.69, 9.17) is 4.42 Å². The lowest BCUT2D eigenvalue weighted by atomic mass is 10.4. The van der Waals surface area contributed by atoms with E-state index in [1.807, 2.05) is 0 Å². The van der Waals surface area contributed by atoms with Crippen molar-refractivity contribution in [3.63, 3.8) is 0 Å². The summed E-state index contributed by atoms with van der Waals surface area (Å²) in [5.74, 6) is 0.108. The van der Waals surface area contributed by atoms with E-state index >= 15 is 0 Å². The lowest BCUT2D eigenvalue weighted by molar-refractivity contribution is -0.134. The Kier molecular flexibility index (Phi) is 2.43. The van der Waals surface area contributed by atoms with Crippen molar-refractivity contribution in [1.82, 2.24) is 4.98 Å². The molecule has 0 amide bonds. The Hall–Kier alpha value is -1.58. The van der Waals surface area contributed by atoms with Crippen molar-refractivity contribution in [3.05, 3.63) is 24.4 Å². The van der Waals surface area contributed by atoms with Crippen LogP contribution in [0.2, 0.25) is 0 Å². The number of hydrogen-bond donors (Lipinski definition) is 0. The molecular formula is C7H7NO3. The molecule has 0 spiro atoms. The van der Waals surface area contributed by atoms with Gasteiger partial charge >= 0.3 is 5.97 Å². The molecule has 0 saturated carbocycles. The summed E-state index contributed by atoms with van der Waals surface area (Å²) in [6.45, 7) is 0. The maximum atomic E-state index is 10.5. The largest absolute Gasteiger partial charge is 0.466 e. The third-order valence-electron chi connectivity index (χ3n) is 1.04. The molecule has 1 aromatic heterocycles. The molecule has 0 aliphatic carbocycles. The zero-order valence-corrected chi connectivity index (χ0v) is 5.98. The molecule has 0 radical (unpaired) electrons. The molecule has 0 atom stereocenters. The smallest absolute Gasteiger partial charge is 0.330 e. The van der Waals surface area contributed by atoms with Gasteiger partial charge < -0.3 is 9.15 Å². The molecule has 58 valence electrons. The second-order valence-electron chi connectivity index (χ2n) is 1.76. The lowest BCUT2D eigenvalue weighted by Gasteiger charge is -1.86. The Morgan fingerprint density at radius 1 is 1.82 bits per heavy atom. The summed E-state index contributed by atoms with van der Waals surface area (Å²) in [4.78, 5) is 14.2. The molecule has 0 aliphatic heterocycles. The highest BCUT2D eigenvalue weighted by molar-refractivity contribution is 5.86. The Labute approximate surface area is 63.5 Å². The van der Waals surface area contributed by atoms with Crippen LogP contribution in [0.1, 0.15) is 5.76 Å². The maximum Gasteiger partial charge on any atom is 0.330 e. The van der Waals surface area contributed by atoms with Crippen LogP contribution in [0.5, 0.6) is 0 Å². The molecule has 0 aliphatic rings. The first-order chi connectivity index (χ1) is 5.33. The number of aromatic nitrogens is 1. The number of esters is 1. The third kappa shape index (κ3) is 2.25. The lowest BCUT2D eigenvalue weighted by Crippen LogP contribution is -1.92. The standard InChI is InChI=1S/C7H7NO3/c1-10-7(9)3-2-6-4-8-5-11-6/h2-5H,1H3/b3-2+. The Balaban J connectivity index is 2.55. The van der Waals surface area contributed by atoms with Crippen molar-refractivity contribution < 1.29 is 13.9 Å². The van der Waals surface area contributed by atoms with Gasteiger partial charge in [-0.1, -0.05) is 0 Å². The molecule has 0 unspecified atom stereocenters. The van der Waals surface area contributed by atoms with Gasteiger partial charge in [0.05, 0.1) is 13.3 Å². The van der Waals surface area contributed by atoms with Crippen molar-refractivity contribution >= 4 is 12.0 Å². The van der Waals surface area contributed by atoms with Gasteiger partial charge in [0, 0.05) is 6.08 Å². The van der Waals surface area contributed by atoms with Crippen LogP contribution < -0.4 is 0 Å². The molecule has 0 fully saturated rings. The minimum atomic E-state index is -0.415. The molecule has 11 heavy (non-hydrogen) atoms. The van der Waals surface area contributed by atoms with E-state index in [0.717, 1.165) is 0 Å². The van der Waals surface area contributed by atoms with Crippen molar-refractivity contribution in [2.24, 2.45) is 0 Å². The Bertz CT molecular complexity index is 251. The Morgan fingerprint density at radius 3 is 3.18 bits per heavy atom. The average molecular weight is 153 g/mol. The fourth-order valence-corrected chi connectivity index (χ4v) is 0.526. The van der Waals surface area contributed by atoms with Gasteiger partial charge in [0.25, 0.3) is 0 Å². The van der Waals surface area contributed by atoms with Crippen LogP contribution in [0.15, 0.2) is 23.1 Å². The van der Waals surface area contributed by atoms with E-state index in [1.165, 1.54) is 31.9 Å². The second kappa shape index (κ2) is 3.55. The molecule has 0 bridgehead atoms. The number of methoxy groups -OCH3 is 1. The zero-order valence-electron chi connectivity index (χ0n) is 5.98. The molecule has 0 aromatic carbocycles. The summed E-state index contributed by atoms with van der Waals surface area (Å²) in [5.41, 5.74) is 0. The summed E-state index contributed by atoms with van der Waals surface area (Å²) in [5, 5.41) is 0. The minimum absolute atomic E-state index is 0.415. The summed E-state index contributed by atoms with van der Waals surface area (Å²) in [6.07, 6.45) is 5.54. The van der Waals surface area contributed by atoms with E-state index in [9.17, 15) is 4.79 Å². The van der Waals surface area contributed by atoms with E-state index in [2.05, 4.69) is 9.72 Å². The average Bonchev–Trinajstić information content (AvgIpc) is 2.52. The van der Waals surface area contributed by atoms with Crippen molar-refractivity contribution in [1.29, 1.82) is 0 Å². The first kappa shape index (κ1) is 7.53. The summed E-state index contributed by atoms with van der Waals surface area (Å²) >= 11 is 0. The fraction of sp³-hybridized carbons (Fsp3) is 0.143. The summed E-state index contributed by atoms with van der Waals surface area (Å²) < 4.78 is 9.18. The van der Waals surface area contributed by atoms with E-state index < -0.39 is 5.97 Å². The molecular weight excluding hydrogens is 146 g/mol. The molecule has 1 rings (SSSR count). The molecule has 4 nitrogen and oxygen atoms in total. The monoisotopic (exact) mass is 153 g/mol. The predicted octanol–water partition coefficient (Wildman–Crippen LogP) is 0.861. The highest BCUT2D eigenvalue weighted by atomic mass is 16.5. The number of oxazole rings is 1. The zero-order chi connectivity index (χ0) is 8.10. The topological polar surface area (TPSA) is 52.3 Å². The van der Waals surface area contributed by atoms with Gasteiger partial charge in [-0.25, -0.2) is 9.78 Å². The molecule has 0 saturated heterocycles. The summed E-state index contributed by atoms with van der Waals surface area (Å²) in [6, 6.07) is 0. The number of ether oxygens (including phenoxy) is 1. The van der Waals surface area contributed by atoms with Gasteiger partial charge in [-0.15, -0.1) is 0 Å². The minimum Gasteiger partial charge on any atom is -0.466 e. The third-order valence-corrected chi connectivity index (χ3v) is 1.04. The molecule has 4 heteroatoms. The number of carbonyl (C=O) groups excluding carboxylic acids is 1. The van der Waals surface area contributed by atoms with Crippen LogP contribution in [0.4, 0.5) is 0 Å². The SMILES string of the molecule is COC(=O)/C=C/c1cnco1. The van der Waals surface area contributed by atoms with Crippen LogP contribution in [0.3, 0.4) is 0 Å². The van der Waals surface area contributed by atoms with E-state index in [0.29, 0.717) is 5.76 Å². The maximum absolute atomic E-state index is 10.5. The number of carbonyl (C=O) groups is 1. The molecule has 1 aromatic rings. The number of nitrogens with zero attached hydrogens (tertiary/aromatic N) is 1. The first-order valence-electron chi connectivity index (χ1n) is 2.97. The molecule has 1 heterocycles. The summed E-state index contributed by atoms with van der Waals surface area (Å²) in [7, 11) is 1.31. The first-order valence-corrected chi connectivity index (χ1v) is 2.97. The normalized spacial score (nSPS) is 10.3. The van der Waals surface area contributed by atoms with Gasteiger partial charge in [0.1, 0.15) is 5.76 Å².